The summed E-state index contributed by atoms with van der Waals surface area (Å²) in [5, 5.41) is 19.6. The molecular formula is C14H12N2O5. The van der Waals surface area contributed by atoms with E-state index in [1.807, 2.05) is 0 Å². The number of carbonyl (C=O) groups is 1. The SMILES string of the molecule is Cc1cc([N+](=O)[O-])ccc1Oc1ccc(C(=O)O)c(C)n1. The van der Waals surface area contributed by atoms with Crippen molar-refractivity contribution in [2.45, 2.75) is 13.8 Å². The van der Waals surface area contributed by atoms with E-state index in [2.05, 4.69) is 4.98 Å². The first kappa shape index (κ1) is 14.4. The zero-order chi connectivity index (χ0) is 15.6. The van der Waals surface area contributed by atoms with E-state index < -0.39 is 10.9 Å². The van der Waals surface area contributed by atoms with Gasteiger partial charge in [-0.05, 0) is 31.5 Å². The molecule has 0 amide bonds. The Kier molecular flexibility index (Phi) is 3.84. The molecule has 2 aromatic rings. The minimum atomic E-state index is -1.06. The topological polar surface area (TPSA) is 103 Å². The Morgan fingerprint density at radius 2 is 2.00 bits per heavy atom. The number of benzene rings is 1. The second-order valence-corrected chi connectivity index (χ2v) is 4.40. The number of hydrogen-bond acceptors (Lipinski definition) is 5. The fourth-order valence-corrected chi connectivity index (χ4v) is 1.80. The Labute approximate surface area is 120 Å². The summed E-state index contributed by atoms with van der Waals surface area (Å²) in [6, 6.07) is 7.06. The van der Waals surface area contributed by atoms with Crippen LogP contribution in [0.5, 0.6) is 11.6 Å². The molecule has 7 heteroatoms. The second-order valence-electron chi connectivity index (χ2n) is 4.40. The number of hydrogen-bond donors (Lipinski definition) is 1. The number of aromatic carboxylic acids is 1. The van der Waals surface area contributed by atoms with Crippen molar-refractivity contribution in [2.75, 3.05) is 0 Å². The minimum absolute atomic E-state index is 0.0229. The highest BCUT2D eigenvalue weighted by molar-refractivity contribution is 5.88. The molecule has 0 fully saturated rings. The molecule has 0 aliphatic rings. The van der Waals surface area contributed by atoms with E-state index in [-0.39, 0.29) is 17.1 Å². The summed E-state index contributed by atoms with van der Waals surface area (Å²) in [5.74, 6) is -0.400. The number of nitrogens with zero attached hydrogens (tertiary/aromatic N) is 2. The molecule has 1 heterocycles. The van der Waals surface area contributed by atoms with Crippen molar-refractivity contribution in [1.82, 2.24) is 4.98 Å². The summed E-state index contributed by atoms with van der Waals surface area (Å²) in [4.78, 5) is 25.1. The zero-order valence-corrected chi connectivity index (χ0v) is 11.4. The highest BCUT2D eigenvalue weighted by Crippen LogP contribution is 2.27. The molecule has 2 rings (SSSR count). The lowest BCUT2D eigenvalue weighted by Gasteiger charge is -2.09. The van der Waals surface area contributed by atoms with Crippen molar-refractivity contribution in [3.05, 3.63) is 57.3 Å². The number of aryl methyl sites for hydroxylation is 2. The van der Waals surface area contributed by atoms with E-state index in [0.29, 0.717) is 17.0 Å². The number of aromatic nitrogens is 1. The number of nitro benzene ring substituents is 1. The molecule has 108 valence electrons. The van der Waals surface area contributed by atoms with Gasteiger partial charge < -0.3 is 9.84 Å². The summed E-state index contributed by atoms with van der Waals surface area (Å²) in [7, 11) is 0. The van der Waals surface area contributed by atoms with E-state index in [1.54, 1.807) is 13.8 Å². The van der Waals surface area contributed by atoms with Crippen LogP contribution in [0.1, 0.15) is 21.6 Å². The predicted octanol–water partition coefficient (Wildman–Crippen LogP) is 3.10. The number of carboxylic acid groups (broad SMARTS) is 1. The second kappa shape index (κ2) is 5.58. The zero-order valence-electron chi connectivity index (χ0n) is 11.4. The van der Waals surface area contributed by atoms with Gasteiger partial charge in [0.1, 0.15) is 5.75 Å². The highest BCUT2D eigenvalue weighted by atomic mass is 16.6. The van der Waals surface area contributed by atoms with Crippen LogP contribution < -0.4 is 4.74 Å². The van der Waals surface area contributed by atoms with Gasteiger partial charge in [-0.1, -0.05) is 0 Å². The molecule has 0 saturated carbocycles. The number of rotatable bonds is 4. The molecule has 0 unspecified atom stereocenters. The Balaban J connectivity index is 2.28. The molecule has 0 saturated heterocycles. The average molecular weight is 288 g/mol. The lowest BCUT2D eigenvalue weighted by atomic mass is 10.2. The Morgan fingerprint density at radius 1 is 1.29 bits per heavy atom. The third kappa shape index (κ3) is 3.14. The van der Waals surface area contributed by atoms with Gasteiger partial charge in [-0.3, -0.25) is 10.1 Å². The molecule has 0 atom stereocenters. The number of pyridine rings is 1. The van der Waals surface area contributed by atoms with Crippen LogP contribution in [0.15, 0.2) is 30.3 Å². The monoisotopic (exact) mass is 288 g/mol. The van der Waals surface area contributed by atoms with Gasteiger partial charge in [0.15, 0.2) is 0 Å². The van der Waals surface area contributed by atoms with Gasteiger partial charge in [0.2, 0.25) is 5.88 Å². The van der Waals surface area contributed by atoms with Gasteiger partial charge in [0, 0.05) is 18.2 Å². The normalized spacial score (nSPS) is 10.2. The largest absolute Gasteiger partial charge is 0.478 e. The molecule has 1 N–H and O–H groups in total. The van der Waals surface area contributed by atoms with Crippen molar-refractivity contribution in [3.8, 4) is 11.6 Å². The van der Waals surface area contributed by atoms with Crippen LogP contribution in [0, 0.1) is 24.0 Å². The van der Waals surface area contributed by atoms with Crippen molar-refractivity contribution in [1.29, 1.82) is 0 Å². The molecular weight excluding hydrogens is 276 g/mol. The molecule has 7 nitrogen and oxygen atoms in total. The number of ether oxygens (including phenoxy) is 1. The molecule has 0 bridgehead atoms. The summed E-state index contributed by atoms with van der Waals surface area (Å²) in [6.45, 7) is 3.25. The van der Waals surface area contributed by atoms with Crippen LogP contribution >= 0.6 is 0 Å². The first-order chi connectivity index (χ1) is 9.88. The van der Waals surface area contributed by atoms with E-state index in [0.717, 1.165) is 0 Å². The van der Waals surface area contributed by atoms with Gasteiger partial charge >= 0.3 is 5.97 Å². The molecule has 0 spiro atoms. The maximum Gasteiger partial charge on any atom is 0.337 e. The lowest BCUT2D eigenvalue weighted by molar-refractivity contribution is -0.384. The molecule has 0 aliphatic carbocycles. The number of nitro groups is 1. The summed E-state index contributed by atoms with van der Waals surface area (Å²) < 4.78 is 5.53. The Bertz CT molecular complexity index is 727. The van der Waals surface area contributed by atoms with Crippen molar-refractivity contribution in [2.24, 2.45) is 0 Å². The van der Waals surface area contributed by atoms with Gasteiger partial charge in [0.25, 0.3) is 5.69 Å². The maximum absolute atomic E-state index is 10.9. The first-order valence-electron chi connectivity index (χ1n) is 6.02. The summed E-state index contributed by atoms with van der Waals surface area (Å²) in [6.07, 6.45) is 0. The molecule has 21 heavy (non-hydrogen) atoms. The standard InChI is InChI=1S/C14H12N2O5/c1-8-7-10(16(19)20)3-5-12(8)21-13-6-4-11(14(17)18)9(2)15-13/h3-7H,1-2H3,(H,17,18). The van der Waals surface area contributed by atoms with Gasteiger partial charge in [-0.25, -0.2) is 9.78 Å². The maximum atomic E-state index is 10.9. The lowest BCUT2D eigenvalue weighted by Crippen LogP contribution is -2.02. The van der Waals surface area contributed by atoms with E-state index in [1.165, 1.54) is 30.3 Å². The van der Waals surface area contributed by atoms with Crippen molar-refractivity contribution < 1.29 is 19.6 Å². The van der Waals surface area contributed by atoms with E-state index in [4.69, 9.17) is 9.84 Å². The van der Waals surface area contributed by atoms with Crippen molar-refractivity contribution >= 4 is 11.7 Å². The smallest absolute Gasteiger partial charge is 0.337 e. The Hall–Kier alpha value is -2.96. The molecule has 1 aromatic heterocycles. The van der Waals surface area contributed by atoms with Crippen LogP contribution in [0.25, 0.3) is 0 Å². The van der Waals surface area contributed by atoms with Crippen LogP contribution in [0.3, 0.4) is 0 Å². The van der Waals surface area contributed by atoms with Crippen LogP contribution in [-0.4, -0.2) is 21.0 Å². The fourth-order valence-electron chi connectivity index (χ4n) is 1.80. The third-order valence-electron chi connectivity index (χ3n) is 2.87. The van der Waals surface area contributed by atoms with Crippen molar-refractivity contribution in [3.63, 3.8) is 0 Å². The summed E-state index contributed by atoms with van der Waals surface area (Å²) in [5.41, 5.74) is 0.999. The molecule has 1 aromatic carbocycles. The number of carboxylic acids is 1. The first-order valence-corrected chi connectivity index (χ1v) is 6.02. The highest BCUT2D eigenvalue weighted by Gasteiger charge is 2.12. The minimum Gasteiger partial charge on any atom is -0.478 e. The van der Waals surface area contributed by atoms with Gasteiger partial charge in [0.05, 0.1) is 16.2 Å². The fraction of sp³-hybridized carbons (Fsp3) is 0.143. The van der Waals surface area contributed by atoms with Crippen LogP contribution in [0.2, 0.25) is 0 Å². The van der Waals surface area contributed by atoms with E-state index in [9.17, 15) is 14.9 Å². The molecule has 0 radical (unpaired) electrons. The van der Waals surface area contributed by atoms with Gasteiger partial charge in [-0.15, -0.1) is 0 Å². The Morgan fingerprint density at radius 3 is 2.52 bits per heavy atom. The average Bonchev–Trinajstić information content (AvgIpc) is 2.40. The summed E-state index contributed by atoms with van der Waals surface area (Å²) >= 11 is 0. The quantitative estimate of drug-likeness (QED) is 0.685. The number of non-ortho nitro benzene ring substituents is 1. The van der Waals surface area contributed by atoms with E-state index >= 15 is 0 Å². The molecule has 0 aliphatic heterocycles. The predicted molar refractivity (Wildman–Crippen MR) is 73.8 cm³/mol. The van der Waals surface area contributed by atoms with Crippen LogP contribution in [-0.2, 0) is 0 Å². The van der Waals surface area contributed by atoms with Gasteiger partial charge in [-0.2, -0.15) is 0 Å². The van der Waals surface area contributed by atoms with Crippen LogP contribution in [0.4, 0.5) is 5.69 Å². The third-order valence-corrected chi connectivity index (χ3v) is 2.87.